The summed E-state index contributed by atoms with van der Waals surface area (Å²) in [7, 11) is 0. The van der Waals surface area contributed by atoms with Gasteiger partial charge in [0.05, 0.1) is 17.3 Å². The first kappa shape index (κ1) is 27.8. The van der Waals surface area contributed by atoms with Gasteiger partial charge >= 0.3 is 0 Å². The number of carboxylic acid groups (broad SMARTS) is 1. The largest absolute Gasteiger partial charge is 0.483 e. The van der Waals surface area contributed by atoms with E-state index in [-0.39, 0.29) is 18.1 Å². The van der Waals surface area contributed by atoms with Gasteiger partial charge in [-0.1, -0.05) is 30.3 Å². The van der Waals surface area contributed by atoms with Crippen molar-refractivity contribution in [1.29, 1.82) is 0 Å². The zero-order chi connectivity index (χ0) is 28.9. The molecule has 0 saturated carbocycles. The molecule has 3 aromatic heterocycles. The number of carbonyl (C=O) groups excluding carboxylic acids is 1. The molecule has 1 amide bonds. The first-order chi connectivity index (χ1) is 20.0. The third-order valence-electron chi connectivity index (χ3n) is 7.21. The van der Waals surface area contributed by atoms with E-state index in [0.717, 1.165) is 47.8 Å². The maximum Gasteiger partial charge on any atom is 0.290 e. The minimum absolute atomic E-state index is 0.0154. The first-order valence-corrected chi connectivity index (χ1v) is 13.4. The molecule has 5 aromatic rings. The highest BCUT2D eigenvalue weighted by atomic mass is 19.1. The van der Waals surface area contributed by atoms with E-state index < -0.39 is 11.7 Å². The number of nitrogens with one attached hydrogen (secondary N) is 1. The molecule has 2 N–H and O–H groups in total. The smallest absolute Gasteiger partial charge is 0.290 e. The van der Waals surface area contributed by atoms with Crippen LogP contribution in [0.4, 0.5) is 10.2 Å². The van der Waals surface area contributed by atoms with Crippen molar-refractivity contribution in [3.63, 3.8) is 0 Å². The van der Waals surface area contributed by atoms with E-state index in [0.29, 0.717) is 29.2 Å². The Kier molecular flexibility index (Phi) is 8.25. The Morgan fingerprint density at radius 1 is 1.22 bits per heavy atom. The maximum absolute atomic E-state index is 15.7. The number of amides is 1. The fraction of sp³-hybridized carbons (Fsp3) is 0.267. The Balaban J connectivity index is 0.00000108. The van der Waals surface area contributed by atoms with Gasteiger partial charge in [-0.05, 0) is 74.0 Å². The lowest BCUT2D eigenvalue weighted by Crippen LogP contribution is -2.49. The second-order valence-electron chi connectivity index (χ2n) is 9.75. The van der Waals surface area contributed by atoms with Crippen molar-refractivity contribution in [2.24, 2.45) is 0 Å². The average Bonchev–Trinajstić information content (AvgIpc) is 3.41. The van der Waals surface area contributed by atoms with Gasteiger partial charge in [-0.15, -0.1) is 5.10 Å². The first-order valence-electron chi connectivity index (χ1n) is 13.4. The van der Waals surface area contributed by atoms with Crippen LogP contribution in [0.1, 0.15) is 41.4 Å². The Morgan fingerprint density at radius 3 is 2.78 bits per heavy atom. The minimum atomic E-state index is -0.631. The Hall–Kier alpha value is -4.77. The highest BCUT2D eigenvalue weighted by Crippen LogP contribution is 2.32. The van der Waals surface area contributed by atoms with E-state index in [4.69, 9.17) is 9.90 Å². The summed E-state index contributed by atoms with van der Waals surface area (Å²) in [6.07, 6.45) is 4.20. The van der Waals surface area contributed by atoms with Crippen LogP contribution < -0.4 is 10.2 Å². The highest BCUT2D eigenvalue weighted by Gasteiger charge is 2.32. The number of rotatable bonds is 5. The SMILES string of the molecule is CCc1ccc2nnn(-c3ccc(C(=O)N(c4nccc5cccc(C)c45)[C@@H]4CCCNC4)c(F)c3)c2n1.O=CO. The number of aromatic nitrogens is 5. The quantitative estimate of drug-likeness (QED) is 0.304. The molecule has 6 rings (SSSR count). The average molecular weight is 556 g/mol. The number of halogens is 1. The van der Waals surface area contributed by atoms with Crippen molar-refractivity contribution >= 4 is 40.1 Å². The highest BCUT2D eigenvalue weighted by molar-refractivity contribution is 6.11. The summed E-state index contributed by atoms with van der Waals surface area (Å²) in [5.41, 5.74) is 3.51. The molecule has 210 valence electrons. The summed E-state index contributed by atoms with van der Waals surface area (Å²) in [6.45, 7) is 5.28. The third kappa shape index (κ3) is 5.48. The lowest BCUT2D eigenvalue weighted by atomic mass is 10.0. The number of pyridine rings is 2. The molecule has 0 radical (unpaired) electrons. The van der Waals surface area contributed by atoms with E-state index in [1.807, 2.05) is 50.2 Å². The van der Waals surface area contributed by atoms with Crippen LogP contribution in [-0.2, 0) is 11.2 Å². The molecule has 0 spiro atoms. The normalized spacial score (nSPS) is 14.9. The number of hydrogen-bond acceptors (Lipinski definition) is 7. The van der Waals surface area contributed by atoms with Gasteiger partial charge in [-0.25, -0.2) is 14.4 Å². The molecule has 0 aliphatic carbocycles. The lowest BCUT2D eigenvalue weighted by Gasteiger charge is -2.35. The van der Waals surface area contributed by atoms with Gasteiger partial charge in [-0.2, -0.15) is 4.68 Å². The zero-order valence-corrected chi connectivity index (χ0v) is 22.8. The predicted molar refractivity (Wildman–Crippen MR) is 154 cm³/mol. The molecule has 1 atom stereocenters. The molecule has 2 aromatic carbocycles. The van der Waals surface area contributed by atoms with Gasteiger partial charge < -0.3 is 10.4 Å². The third-order valence-corrected chi connectivity index (χ3v) is 7.21. The monoisotopic (exact) mass is 555 g/mol. The second-order valence-corrected chi connectivity index (χ2v) is 9.75. The zero-order valence-electron chi connectivity index (χ0n) is 22.8. The van der Waals surface area contributed by atoms with E-state index in [9.17, 15) is 4.79 Å². The van der Waals surface area contributed by atoms with Gasteiger partial charge in [0.15, 0.2) is 5.65 Å². The van der Waals surface area contributed by atoms with E-state index in [1.165, 1.54) is 16.8 Å². The number of aryl methyl sites for hydroxylation is 2. The van der Waals surface area contributed by atoms with Crippen molar-refractivity contribution in [2.75, 3.05) is 18.0 Å². The van der Waals surface area contributed by atoms with Crippen molar-refractivity contribution in [1.82, 2.24) is 30.3 Å². The number of nitrogens with zero attached hydrogens (tertiary/aromatic N) is 6. The van der Waals surface area contributed by atoms with Crippen LogP contribution in [0, 0.1) is 12.7 Å². The topological polar surface area (TPSA) is 126 Å². The van der Waals surface area contributed by atoms with Crippen molar-refractivity contribution < 1.29 is 19.1 Å². The van der Waals surface area contributed by atoms with Crippen LogP contribution in [0.15, 0.2) is 60.8 Å². The van der Waals surface area contributed by atoms with Crippen LogP contribution in [0.25, 0.3) is 27.6 Å². The fourth-order valence-electron chi connectivity index (χ4n) is 5.22. The number of carbonyl (C=O) groups is 2. The number of hydrogen-bond donors (Lipinski definition) is 2. The van der Waals surface area contributed by atoms with Crippen LogP contribution in [0.5, 0.6) is 0 Å². The molecule has 1 aliphatic rings. The van der Waals surface area contributed by atoms with E-state index >= 15 is 4.39 Å². The summed E-state index contributed by atoms with van der Waals surface area (Å²) in [5, 5.41) is 20.5. The molecular formula is C30H30FN7O3. The Bertz CT molecular complexity index is 1710. The maximum atomic E-state index is 15.7. The van der Waals surface area contributed by atoms with Crippen LogP contribution in [-0.4, -0.2) is 61.6 Å². The number of anilines is 1. The molecule has 1 fully saturated rings. The van der Waals surface area contributed by atoms with Gasteiger partial charge in [0.25, 0.3) is 12.4 Å². The Labute approximate surface area is 235 Å². The summed E-state index contributed by atoms with van der Waals surface area (Å²) >= 11 is 0. The standard InChI is InChI=1S/C29H28FN7O.CH2O2/c1-3-20-9-12-25-27(33-20)37(35-34-25)21-10-11-23(24(30)16-21)29(38)36(22-8-5-14-31-17-22)28-26-18(2)6-4-7-19(26)13-15-32-28;2-1-3/h4,6-7,9-13,15-16,22,31H,3,5,8,14,17H2,1-2H3;1H,(H,2,3)/t22-;/m1./s1. The summed E-state index contributed by atoms with van der Waals surface area (Å²) in [5.74, 6) is -0.490. The number of fused-ring (bicyclic) bond motifs is 2. The van der Waals surface area contributed by atoms with E-state index in [1.54, 1.807) is 17.2 Å². The molecule has 11 heteroatoms. The van der Waals surface area contributed by atoms with Crippen molar-refractivity contribution in [3.05, 3.63) is 83.4 Å². The minimum Gasteiger partial charge on any atom is -0.483 e. The molecule has 0 unspecified atom stereocenters. The lowest BCUT2D eigenvalue weighted by molar-refractivity contribution is -0.122. The molecule has 0 bridgehead atoms. The number of benzene rings is 2. The van der Waals surface area contributed by atoms with Gasteiger partial charge in [0.1, 0.15) is 17.2 Å². The summed E-state index contributed by atoms with van der Waals surface area (Å²) in [6, 6.07) is 16.1. The van der Waals surface area contributed by atoms with Gasteiger partial charge in [-0.3, -0.25) is 14.5 Å². The van der Waals surface area contributed by atoms with Gasteiger partial charge in [0.2, 0.25) is 0 Å². The molecule has 4 heterocycles. The second kappa shape index (κ2) is 12.2. The molecular weight excluding hydrogens is 525 g/mol. The molecule has 41 heavy (non-hydrogen) atoms. The molecule has 10 nitrogen and oxygen atoms in total. The van der Waals surface area contributed by atoms with Crippen LogP contribution in [0.2, 0.25) is 0 Å². The summed E-state index contributed by atoms with van der Waals surface area (Å²) < 4.78 is 17.2. The Morgan fingerprint density at radius 2 is 2.05 bits per heavy atom. The van der Waals surface area contributed by atoms with Crippen molar-refractivity contribution in [2.45, 2.75) is 39.2 Å². The van der Waals surface area contributed by atoms with Crippen molar-refractivity contribution in [3.8, 4) is 5.69 Å². The predicted octanol–water partition coefficient (Wildman–Crippen LogP) is 4.47. The van der Waals surface area contributed by atoms with Crippen LogP contribution in [0.3, 0.4) is 0 Å². The molecule has 1 aliphatic heterocycles. The van der Waals surface area contributed by atoms with E-state index in [2.05, 4.69) is 25.6 Å². The van der Waals surface area contributed by atoms with Gasteiger partial charge in [0, 0.05) is 29.9 Å². The number of piperidine rings is 1. The molecule has 1 saturated heterocycles. The fourth-order valence-corrected chi connectivity index (χ4v) is 5.22. The summed E-state index contributed by atoms with van der Waals surface area (Å²) in [4.78, 5) is 33.4. The van der Waals surface area contributed by atoms with Crippen LogP contribution >= 0.6 is 0 Å².